The fraction of sp³-hybridized carbons (Fsp3) is 0.357. The molecule has 2 N–H and O–H groups in total. The molecular weight excluding hydrogens is 276 g/mol. The van der Waals surface area contributed by atoms with Crippen molar-refractivity contribution in [3.05, 3.63) is 30.2 Å². The number of amides is 1. The van der Waals surface area contributed by atoms with Crippen LogP contribution in [0.5, 0.6) is 0 Å². The molecule has 0 radical (unpaired) electrons. The summed E-state index contributed by atoms with van der Waals surface area (Å²) < 4.78 is 10.1. The lowest BCUT2D eigenvalue weighted by Crippen LogP contribution is -2.40. The second-order valence-corrected chi connectivity index (χ2v) is 4.96. The maximum absolute atomic E-state index is 12.0. The quantitative estimate of drug-likeness (QED) is 0.845. The van der Waals surface area contributed by atoms with Crippen LogP contribution in [0.25, 0.3) is 11.5 Å². The summed E-state index contributed by atoms with van der Waals surface area (Å²) in [6.07, 6.45) is 1.89. The fourth-order valence-corrected chi connectivity index (χ4v) is 1.63. The van der Waals surface area contributed by atoms with Crippen LogP contribution in [-0.2, 0) is 4.79 Å². The molecule has 0 aliphatic heterocycles. The Morgan fingerprint density at radius 3 is 2.76 bits per heavy atom. The number of aromatic nitrogens is 1. The van der Waals surface area contributed by atoms with E-state index < -0.39 is 17.3 Å². The first-order valence-corrected chi connectivity index (χ1v) is 6.48. The zero-order valence-corrected chi connectivity index (χ0v) is 11.8. The monoisotopic (exact) mass is 292 g/mol. The molecule has 2 aromatic heterocycles. The van der Waals surface area contributed by atoms with Gasteiger partial charge in [0.1, 0.15) is 0 Å². The van der Waals surface area contributed by atoms with E-state index in [1.165, 1.54) is 12.3 Å². The van der Waals surface area contributed by atoms with Gasteiger partial charge in [0.25, 0.3) is 5.91 Å². The zero-order valence-electron chi connectivity index (χ0n) is 11.8. The molecule has 0 fully saturated rings. The number of nitrogens with zero attached hydrogens (tertiary/aromatic N) is 1. The van der Waals surface area contributed by atoms with Gasteiger partial charge in [0.15, 0.2) is 11.5 Å². The molecular formula is C14H16N2O5. The predicted octanol–water partition coefficient (Wildman–Crippen LogP) is 2.17. The number of hydrogen-bond acceptors (Lipinski definition) is 5. The van der Waals surface area contributed by atoms with E-state index in [1.807, 2.05) is 0 Å². The van der Waals surface area contributed by atoms with Gasteiger partial charge in [0.05, 0.1) is 11.7 Å². The smallest absolute Gasteiger partial charge is 0.311 e. The summed E-state index contributed by atoms with van der Waals surface area (Å²) in [6, 6.07) is 4.82. The summed E-state index contributed by atoms with van der Waals surface area (Å²) in [4.78, 5) is 23.1. The number of rotatable bonds is 6. The van der Waals surface area contributed by atoms with Crippen molar-refractivity contribution in [2.75, 3.05) is 6.54 Å². The second kappa shape index (κ2) is 5.82. The van der Waals surface area contributed by atoms with Crippen molar-refractivity contribution in [1.82, 2.24) is 10.5 Å². The minimum Gasteiger partial charge on any atom is -0.481 e. The second-order valence-electron chi connectivity index (χ2n) is 4.96. The largest absolute Gasteiger partial charge is 0.481 e. The maximum Gasteiger partial charge on any atom is 0.311 e. The molecule has 0 saturated carbocycles. The van der Waals surface area contributed by atoms with Gasteiger partial charge in [-0.25, -0.2) is 0 Å². The standard InChI is InChI=1S/C14H16N2O5/c1-3-14(2,13(18)19)8-15-12(17)9-7-11(21-16-9)10-5-4-6-20-10/h4-7H,3,8H2,1-2H3,(H,15,17)(H,18,19). The van der Waals surface area contributed by atoms with Crippen molar-refractivity contribution in [3.63, 3.8) is 0 Å². The number of furan rings is 1. The Labute approximate surface area is 120 Å². The van der Waals surface area contributed by atoms with Gasteiger partial charge in [-0.05, 0) is 25.5 Å². The first kappa shape index (κ1) is 14.8. The van der Waals surface area contributed by atoms with Gasteiger partial charge in [-0.3, -0.25) is 9.59 Å². The number of nitrogens with one attached hydrogen (secondary N) is 1. The highest BCUT2D eigenvalue weighted by molar-refractivity contribution is 5.93. The van der Waals surface area contributed by atoms with Crippen LogP contribution in [0, 0.1) is 5.41 Å². The van der Waals surface area contributed by atoms with Crippen molar-refractivity contribution < 1.29 is 23.6 Å². The summed E-state index contributed by atoms with van der Waals surface area (Å²) in [5, 5.41) is 15.4. The number of aliphatic carboxylic acids is 1. The van der Waals surface area contributed by atoms with E-state index in [0.717, 1.165) is 0 Å². The van der Waals surface area contributed by atoms with Crippen LogP contribution in [0.15, 0.2) is 33.4 Å². The summed E-state index contributed by atoms with van der Waals surface area (Å²) in [7, 11) is 0. The molecule has 0 aromatic carbocycles. The number of carboxylic acid groups (broad SMARTS) is 1. The fourth-order valence-electron chi connectivity index (χ4n) is 1.63. The van der Waals surface area contributed by atoms with Crippen molar-refractivity contribution in [2.24, 2.45) is 5.41 Å². The van der Waals surface area contributed by atoms with E-state index in [-0.39, 0.29) is 12.2 Å². The summed E-state index contributed by atoms with van der Waals surface area (Å²) >= 11 is 0. The molecule has 1 unspecified atom stereocenters. The highest BCUT2D eigenvalue weighted by atomic mass is 16.5. The molecule has 2 heterocycles. The Hall–Kier alpha value is -2.57. The first-order chi connectivity index (χ1) is 9.96. The number of hydrogen-bond donors (Lipinski definition) is 2. The van der Waals surface area contributed by atoms with Crippen LogP contribution in [0.4, 0.5) is 0 Å². The average molecular weight is 292 g/mol. The number of carbonyl (C=O) groups is 2. The van der Waals surface area contributed by atoms with Crippen molar-refractivity contribution >= 4 is 11.9 Å². The van der Waals surface area contributed by atoms with Crippen LogP contribution in [-0.4, -0.2) is 28.7 Å². The molecule has 1 atom stereocenters. The van der Waals surface area contributed by atoms with Crippen molar-refractivity contribution in [3.8, 4) is 11.5 Å². The average Bonchev–Trinajstić information content (AvgIpc) is 3.13. The third-order valence-corrected chi connectivity index (χ3v) is 3.44. The lowest BCUT2D eigenvalue weighted by Gasteiger charge is -2.22. The summed E-state index contributed by atoms with van der Waals surface area (Å²) in [6.45, 7) is 3.35. The van der Waals surface area contributed by atoms with Gasteiger partial charge in [-0.1, -0.05) is 12.1 Å². The van der Waals surface area contributed by atoms with Gasteiger partial charge in [0.2, 0.25) is 5.76 Å². The zero-order chi connectivity index (χ0) is 15.5. The van der Waals surface area contributed by atoms with E-state index in [1.54, 1.807) is 26.0 Å². The van der Waals surface area contributed by atoms with Crippen LogP contribution in [0.2, 0.25) is 0 Å². The van der Waals surface area contributed by atoms with Crippen LogP contribution < -0.4 is 5.32 Å². The molecule has 1 amide bonds. The molecule has 21 heavy (non-hydrogen) atoms. The van der Waals surface area contributed by atoms with Gasteiger partial charge in [0, 0.05) is 12.6 Å². The van der Waals surface area contributed by atoms with Gasteiger partial charge >= 0.3 is 5.97 Å². The van der Waals surface area contributed by atoms with Crippen molar-refractivity contribution in [1.29, 1.82) is 0 Å². The Bertz CT molecular complexity index is 632. The molecule has 112 valence electrons. The molecule has 0 aliphatic rings. The Balaban J connectivity index is 2.03. The van der Waals surface area contributed by atoms with E-state index >= 15 is 0 Å². The van der Waals surface area contributed by atoms with E-state index in [4.69, 9.17) is 14.0 Å². The third-order valence-electron chi connectivity index (χ3n) is 3.44. The summed E-state index contributed by atoms with van der Waals surface area (Å²) in [5.41, 5.74) is -0.936. The van der Waals surface area contributed by atoms with Crippen LogP contribution in [0.1, 0.15) is 30.8 Å². The minimum atomic E-state index is -1.01. The Kier molecular flexibility index (Phi) is 4.11. The normalized spacial score (nSPS) is 13.6. The lowest BCUT2D eigenvalue weighted by molar-refractivity contribution is -0.147. The minimum absolute atomic E-state index is 0.0145. The molecule has 0 aliphatic carbocycles. The molecule has 0 spiro atoms. The highest BCUT2D eigenvalue weighted by Gasteiger charge is 2.31. The Morgan fingerprint density at radius 2 is 2.19 bits per heavy atom. The van der Waals surface area contributed by atoms with Crippen LogP contribution >= 0.6 is 0 Å². The SMILES string of the molecule is CCC(C)(CNC(=O)c1cc(-c2ccco2)on1)C(=O)O. The topological polar surface area (TPSA) is 106 Å². The number of carbonyl (C=O) groups excluding carboxylic acids is 1. The molecule has 2 rings (SSSR count). The molecule has 0 saturated heterocycles. The lowest BCUT2D eigenvalue weighted by atomic mass is 9.88. The predicted molar refractivity (Wildman–Crippen MR) is 72.6 cm³/mol. The first-order valence-electron chi connectivity index (χ1n) is 6.48. The molecule has 2 aromatic rings. The van der Waals surface area contributed by atoms with E-state index in [2.05, 4.69) is 10.5 Å². The Morgan fingerprint density at radius 1 is 1.43 bits per heavy atom. The summed E-state index contributed by atoms with van der Waals surface area (Å²) in [5.74, 6) is -0.647. The highest BCUT2D eigenvalue weighted by Crippen LogP contribution is 2.22. The number of carboxylic acids is 1. The molecule has 7 heteroatoms. The van der Waals surface area contributed by atoms with Crippen LogP contribution in [0.3, 0.4) is 0 Å². The van der Waals surface area contributed by atoms with Gasteiger partial charge < -0.3 is 19.4 Å². The van der Waals surface area contributed by atoms with Crippen molar-refractivity contribution in [2.45, 2.75) is 20.3 Å². The third kappa shape index (κ3) is 3.13. The maximum atomic E-state index is 12.0. The van der Waals surface area contributed by atoms with Gasteiger partial charge in [-0.15, -0.1) is 0 Å². The molecule has 0 bridgehead atoms. The van der Waals surface area contributed by atoms with E-state index in [0.29, 0.717) is 17.9 Å². The molecule has 7 nitrogen and oxygen atoms in total. The van der Waals surface area contributed by atoms with E-state index in [9.17, 15) is 9.59 Å². The van der Waals surface area contributed by atoms with Gasteiger partial charge in [-0.2, -0.15) is 0 Å².